The minimum Gasteiger partial charge on any atom is -0.466 e. The van der Waals surface area contributed by atoms with Gasteiger partial charge in [-0.2, -0.15) is 0 Å². The van der Waals surface area contributed by atoms with E-state index in [9.17, 15) is 14.4 Å². The van der Waals surface area contributed by atoms with Crippen LogP contribution in [0.2, 0.25) is 0 Å². The Morgan fingerprint density at radius 3 is 2.28 bits per heavy atom. The van der Waals surface area contributed by atoms with Crippen LogP contribution in [0.15, 0.2) is 0 Å². The molecule has 0 aliphatic carbocycles. The molecule has 2 N–H and O–H groups in total. The highest BCUT2D eigenvalue weighted by molar-refractivity contribution is 5.84. The third-order valence-corrected chi connectivity index (χ3v) is 2.43. The minimum absolute atomic E-state index is 0.0556. The van der Waals surface area contributed by atoms with E-state index in [1.54, 1.807) is 27.8 Å². The summed E-state index contributed by atoms with van der Waals surface area (Å²) in [6.45, 7) is 5.72. The van der Waals surface area contributed by atoms with Gasteiger partial charge in [0, 0.05) is 20.0 Å². The fraction of sp³-hybridized carbons (Fsp3) is 0.750. The van der Waals surface area contributed by atoms with Crippen molar-refractivity contribution >= 4 is 17.8 Å². The molecule has 0 aliphatic rings. The summed E-state index contributed by atoms with van der Waals surface area (Å²) in [4.78, 5) is 34.0. The Balaban J connectivity index is 3.97. The fourth-order valence-corrected chi connectivity index (χ4v) is 1.28. The highest BCUT2D eigenvalue weighted by Gasteiger charge is 2.26. The van der Waals surface area contributed by atoms with Crippen molar-refractivity contribution in [2.75, 3.05) is 20.2 Å². The standard InChI is InChI=1S/C12H22N2O4/c1-5-18-10(16)7-6-9(15)14-8-12(2,3)11(17)13-4/h5-8H2,1-4H3,(H,13,17)(H,14,15). The second-order valence-electron chi connectivity index (χ2n) is 4.54. The van der Waals surface area contributed by atoms with Crippen LogP contribution in [-0.2, 0) is 19.1 Å². The van der Waals surface area contributed by atoms with Gasteiger partial charge in [0.1, 0.15) is 0 Å². The number of carbonyl (C=O) groups excluding carboxylic acids is 3. The van der Waals surface area contributed by atoms with E-state index in [0.29, 0.717) is 6.61 Å². The Labute approximate surface area is 107 Å². The molecule has 18 heavy (non-hydrogen) atoms. The SMILES string of the molecule is CCOC(=O)CCC(=O)NCC(C)(C)C(=O)NC. The van der Waals surface area contributed by atoms with Gasteiger partial charge in [-0.05, 0) is 20.8 Å². The van der Waals surface area contributed by atoms with Crippen LogP contribution in [-0.4, -0.2) is 38.0 Å². The lowest BCUT2D eigenvalue weighted by Crippen LogP contribution is -2.43. The number of ether oxygens (including phenoxy) is 1. The molecule has 0 radical (unpaired) electrons. The summed E-state index contributed by atoms with van der Waals surface area (Å²) >= 11 is 0. The molecule has 2 amide bonds. The predicted octanol–water partition coefficient (Wildman–Crippen LogP) is 0.218. The second-order valence-corrected chi connectivity index (χ2v) is 4.54. The highest BCUT2D eigenvalue weighted by Crippen LogP contribution is 2.13. The highest BCUT2D eigenvalue weighted by atomic mass is 16.5. The Hall–Kier alpha value is -1.59. The van der Waals surface area contributed by atoms with Gasteiger partial charge >= 0.3 is 5.97 Å². The number of nitrogens with one attached hydrogen (secondary N) is 2. The Bertz CT molecular complexity index is 313. The van der Waals surface area contributed by atoms with Crippen LogP contribution in [0.4, 0.5) is 0 Å². The van der Waals surface area contributed by atoms with Gasteiger partial charge in [-0.25, -0.2) is 0 Å². The van der Waals surface area contributed by atoms with Crippen molar-refractivity contribution in [1.29, 1.82) is 0 Å². The molecule has 0 atom stereocenters. The smallest absolute Gasteiger partial charge is 0.306 e. The van der Waals surface area contributed by atoms with E-state index in [1.807, 2.05) is 0 Å². The van der Waals surface area contributed by atoms with Crippen LogP contribution in [0.25, 0.3) is 0 Å². The van der Waals surface area contributed by atoms with Gasteiger partial charge in [0.25, 0.3) is 0 Å². The number of rotatable bonds is 7. The zero-order chi connectivity index (χ0) is 14.2. The van der Waals surface area contributed by atoms with Gasteiger partial charge in [-0.15, -0.1) is 0 Å². The van der Waals surface area contributed by atoms with Gasteiger partial charge in [-0.1, -0.05) is 0 Å². The van der Waals surface area contributed by atoms with Crippen LogP contribution in [0.1, 0.15) is 33.6 Å². The molecule has 0 bridgehead atoms. The molecule has 6 heteroatoms. The first kappa shape index (κ1) is 16.4. The number of amides is 2. The molecule has 0 spiro atoms. The maximum Gasteiger partial charge on any atom is 0.306 e. The van der Waals surface area contributed by atoms with E-state index < -0.39 is 11.4 Å². The van der Waals surface area contributed by atoms with E-state index >= 15 is 0 Å². The summed E-state index contributed by atoms with van der Waals surface area (Å²) in [5.74, 6) is -0.800. The molecular formula is C12H22N2O4. The molecule has 0 aromatic carbocycles. The zero-order valence-electron chi connectivity index (χ0n) is 11.5. The van der Waals surface area contributed by atoms with Crippen LogP contribution in [0, 0.1) is 5.41 Å². The van der Waals surface area contributed by atoms with Gasteiger partial charge in [0.2, 0.25) is 11.8 Å². The van der Waals surface area contributed by atoms with Gasteiger partial charge < -0.3 is 15.4 Å². The van der Waals surface area contributed by atoms with Crippen molar-refractivity contribution < 1.29 is 19.1 Å². The van der Waals surface area contributed by atoms with E-state index in [-0.39, 0.29) is 31.2 Å². The number of hydrogen-bond acceptors (Lipinski definition) is 4. The van der Waals surface area contributed by atoms with Gasteiger partial charge in [-0.3, -0.25) is 14.4 Å². The normalized spacial score (nSPS) is 10.7. The third-order valence-electron chi connectivity index (χ3n) is 2.43. The topological polar surface area (TPSA) is 84.5 Å². The molecule has 0 saturated heterocycles. The maximum absolute atomic E-state index is 11.5. The quantitative estimate of drug-likeness (QED) is 0.640. The average Bonchev–Trinajstić information content (AvgIpc) is 2.33. The minimum atomic E-state index is -0.672. The molecule has 0 aromatic rings. The molecule has 6 nitrogen and oxygen atoms in total. The molecule has 0 saturated carbocycles. The zero-order valence-corrected chi connectivity index (χ0v) is 11.5. The first-order valence-electron chi connectivity index (χ1n) is 5.98. The van der Waals surface area contributed by atoms with Crippen LogP contribution in [0.3, 0.4) is 0 Å². The largest absolute Gasteiger partial charge is 0.466 e. The molecule has 0 heterocycles. The summed E-state index contributed by atoms with van der Waals surface area (Å²) in [5, 5.41) is 5.16. The van der Waals surface area contributed by atoms with Gasteiger partial charge in [0.15, 0.2) is 0 Å². The first-order valence-corrected chi connectivity index (χ1v) is 5.98. The molecule has 0 aromatic heterocycles. The summed E-state index contributed by atoms with van der Waals surface area (Å²) in [6.07, 6.45) is 0.128. The Morgan fingerprint density at radius 2 is 1.78 bits per heavy atom. The average molecular weight is 258 g/mol. The summed E-state index contributed by atoms with van der Waals surface area (Å²) in [7, 11) is 1.55. The first-order chi connectivity index (χ1) is 8.33. The molecule has 104 valence electrons. The van der Waals surface area contributed by atoms with E-state index in [4.69, 9.17) is 4.74 Å². The molecular weight excluding hydrogens is 236 g/mol. The number of carbonyl (C=O) groups is 3. The Kier molecular flexibility index (Phi) is 7.00. The Morgan fingerprint density at radius 1 is 1.17 bits per heavy atom. The van der Waals surface area contributed by atoms with Crippen LogP contribution >= 0.6 is 0 Å². The van der Waals surface area contributed by atoms with E-state index in [2.05, 4.69) is 10.6 Å². The number of hydrogen-bond donors (Lipinski definition) is 2. The predicted molar refractivity (Wildman–Crippen MR) is 66.7 cm³/mol. The van der Waals surface area contributed by atoms with Crippen LogP contribution < -0.4 is 10.6 Å². The van der Waals surface area contributed by atoms with Crippen LogP contribution in [0.5, 0.6) is 0 Å². The maximum atomic E-state index is 11.5. The molecule has 0 unspecified atom stereocenters. The number of esters is 1. The third kappa shape index (κ3) is 6.22. The summed E-state index contributed by atoms with van der Waals surface area (Å²) < 4.78 is 4.71. The van der Waals surface area contributed by atoms with Gasteiger partial charge in [0.05, 0.1) is 18.4 Å². The second kappa shape index (κ2) is 7.68. The molecule has 0 aliphatic heterocycles. The van der Waals surface area contributed by atoms with Crippen molar-refractivity contribution in [3.63, 3.8) is 0 Å². The van der Waals surface area contributed by atoms with E-state index in [0.717, 1.165) is 0 Å². The van der Waals surface area contributed by atoms with Crippen molar-refractivity contribution in [2.45, 2.75) is 33.6 Å². The molecule has 0 fully saturated rings. The van der Waals surface area contributed by atoms with Crippen molar-refractivity contribution in [3.8, 4) is 0 Å². The lowest BCUT2D eigenvalue weighted by Gasteiger charge is -2.22. The van der Waals surface area contributed by atoms with Crippen molar-refractivity contribution in [3.05, 3.63) is 0 Å². The van der Waals surface area contributed by atoms with E-state index in [1.165, 1.54) is 0 Å². The lowest BCUT2D eigenvalue weighted by atomic mass is 9.92. The fourth-order valence-electron chi connectivity index (χ4n) is 1.28. The lowest BCUT2D eigenvalue weighted by molar-refractivity contribution is -0.144. The molecule has 0 rings (SSSR count). The van der Waals surface area contributed by atoms with Crippen molar-refractivity contribution in [1.82, 2.24) is 10.6 Å². The monoisotopic (exact) mass is 258 g/mol. The summed E-state index contributed by atoms with van der Waals surface area (Å²) in [6, 6.07) is 0. The van der Waals surface area contributed by atoms with Crippen molar-refractivity contribution in [2.24, 2.45) is 5.41 Å². The summed E-state index contributed by atoms with van der Waals surface area (Å²) in [5.41, 5.74) is -0.672.